The maximum absolute atomic E-state index is 12.1. The van der Waals surface area contributed by atoms with Gasteiger partial charge in [-0.25, -0.2) is 4.79 Å². The van der Waals surface area contributed by atoms with E-state index >= 15 is 0 Å². The van der Waals surface area contributed by atoms with Gasteiger partial charge < -0.3 is 59.1 Å². The number of carbonyl (C=O) groups excluding carboxylic acids is 1. The molecule has 0 spiro atoms. The molecule has 0 aromatic heterocycles. The molecule has 204 valence electrons. The van der Waals surface area contributed by atoms with Crippen molar-refractivity contribution in [1.29, 1.82) is 0 Å². The van der Waals surface area contributed by atoms with Gasteiger partial charge in [-0.15, -0.1) is 0 Å². The topological polar surface area (TPSA) is 194 Å². The molecule has 0 bridgehead atoms. The Bertz CT molecular complexity index is 848. The predicted octanol–water partition coefficient (Wildman–Crippen LogP) is -2.35. The zero-order valence-corrected chi connectivity index (χ0v) is 20.0. The molecule has 3 fully saturated rings. The van der Waals surface area contributed by atoms with E-state index < -0.39 is 86.2 Å². The Morgan fingerprint density at radius 3 is 2.33 bits per heavy atom. The molecule has 0 aromatic carbocycles. The van der Waals surface area contributed by atoms with Gasteiger partial charge in [0.1, 0.15) is 42.7 Å². The van der Waals surface area contributed by atoms with E-state index in [-0.39, 0.29) is 5.92 Å². The number of fused-ring (bicyclic) bond motifs is 1. The van der Waals surface area contributed by atoms with Crippen LogP contribution in [0.1, 0.15) is 19.8 Å². The molecule has 1 saturated carbocycles. The first-order valence-corrected chi connectivity index (χ1v) is 11.8. The number of hydrogen-bond acceptors (Lipinski definition) is 13. The summed E-state index contributed by atoms with van der Waals surface area (Å²) in [7, 11) is 1.27. The highest BCUT2D eigenvalue weighted by Gasteiger charge is 2.51. The van der Waals surface area contributed by atoms with Crippen molar-refractivity contribution in [2.75, 3.05) is 13.7 Å². The van der Waals surface area contributed by atoms with Gasteiger partial charge in [0, 0.05) is 11.8 Å². The van der Waals surface area contributed by atoms with Crippen LogP contribution in [0.5, 0.6) is 0 Å². The number of ether oxygens (including phenoxy) is 6. The number of methoxy groups -OCH3 is 1. The Balaban J connectivity index is 1.43. The van der Waals surface area contributed by atoms with Crippen molar-refractivity contribution in [3.8, 4) is 0 Å². The molecule has 13 atom stereocenters. The Morgan fingerprint density at radius 1 is 0.972 bits per heavy atom. The van der Waals surface area contributed by atoms with Crippen LogP contribution in [-0.4, -0.2) is 118 Å². The summed E-state index contributed by atoms with van der Waals surface area (Å²) < 4.78 is 32.8. The van der Waals surface area contributed by atoms with E-state index in [2.05, 4.69) is 6.58 Å². The van der Waals surface area contributed by atoms with Crippen molar-refractivity contribution >= 4 is 5.97 Å². The normalized spacial score (nSPS) is 47.1. The van der Waals surface area contributed by atoms with Gasteiger partial charge in [-0.1, -0.05) is 12.2 Å². The molecule has 3 heterocycles. The van der Waals surface area contributed by atoms with Crippen molar-refractivity contribution in [2.24, 2.45) is 11.8 Å². The fraction of sp³-hybridized carbons (Fsp3) is 0.783. The quantitative estimate of drug-likeness (QED) is 0.162. The van der Waals surface area contributed by atoms with Crippen LogP contribution >= 0.6 is 0 Å². The maximum Gasteiger partial charge on any atom is 0.337 e. The van der Waals surface area contributed by atoms with Gasteiger partial charge in [-0.2, -0.15) is 0 Å². The van der Waals surface area contributed by atoms with Crippen molar-refractivity contribution in [1.82, 2.24) is 0 Å². The Morgan fingerprint density at radius 2 is 1.64 bits per heavy atom. The molecule has 6 N–H and O–H groups in total. The van der Waals surface area contributed by atoms with E-state index in [9.17, 15) is 35.4 Å². The van der Waals surface area contributed by atoms with Crippen LogP contribution in [0.2, 0.25) is 0 Å². The van der Waals surface area contributed by atoms with Gasteiger partial charge in [0.05, 0.1) is 31.7 Å². The maximum atomic E-state index is 12.1. The second kappa shape index (κ2) is 11.0. The fourth-order valence-electron chi connectivity index (χ4n) is 5.09. The zero-order valence-electron chi connectivity index (χ0n) is 20.0. The number of carbonyl (C=O) groups is 1. The van der Waals surface area contributed by atoms with E-state index in [0.29, 0.717) is 18.4 Å². The van der Waals surface area contributed by atoms with Gasteiger partial charge in [-0.05, 0) is 19.8 Å². The minimum Gasteiger partial charge on any atom is -0.471 e. The minimum atomic E-state index is -1.67. The molecular formula is C23H34O13. The van der Waals surface area contributed by atoms with E-state index in [0.717, 1.165) is 5.57 Å². The first-order valence-electron chi connectivity index (χ1n) is 11.8. The molecule has 2 saturated heterocycles. The van der Waals surface area contributed by atoms with Gasteiger partial charge in [0.25, 0.3) is 0 Å². The van der Waals surface area contributed by atoms with E-state index in [4.69, 9.17) is 28.4 Å². The average molecular weight is 519 g/mol. The molecular weight excluding hydrogens is 484 g/mol. The number of aliphatic hydroxyl groups excluding tert-OH is 6. The molecule has 0 unspecified atom stereocenters. The summed E-state index contributed by atoms with van der Waals surface area (Å²) in [6, 6.07) is 0. The van der Waals surface area contributed by atoms with Crippen LogP contribution in [0.4, 0.5) is 0 Å². The first-order chi connectivity index (χ1) is 17.0. The number of aliphatic hydroxyl groups is 6. The van der Waals surface area contributed by atoms with Crippen LogP contribution in [0.25, 0.3) is 0 Å². The number of hydrogen-bond donors (Lipinski definition) is 6. The van der Waals surface area contributed by atoms with Crippen molar-refractivity contribution in [2.45, 2.75) is 87.5 Å². The van der Waals surface area contributed by atoms with E-state index in [1.54, 1.807) is 0 Å². The summed E-state index contributed by atoms with van der Waals surface area (Å²) in [5, 5.41) is 61.2. The predicted molar refractivity (Wildman–Crippen MR) is 116 cm³/mol. The number of rotatable bonds is 6. The van der Waals surface area contributed by atoms with Gasteiger partial charge in [0.2, 0.25) is 6.29 Å². The number of esters is 1. The molecule has 36 heavy (non-hydrogen) atoms. The third-order valence-electron chi connectivity index (χ3n) is 7.29. The van der Waals surface area contributed by atoms with Crippen LogP contribution < -0.4 is 0 Å². The van der Waals surface area contributed by atoms with Crippen LogP contribution in [0.3, 0.4) is 0 Å². The molecule has 3 aliphatic heterocycles. The fourth-order valence-corrected chi connectivity index (χ4v) is 5.09. The largest absolute Gasteiger partial charge is 0.471 e. The lowest BCUT2D eigenvalue weighted by molar-refractivity contribution is -0.350. The molecule has 0 aromatic rings. The summed E-state index contributed by atoms with van der Waals surface area (Å²) >= 11 is 0. The van der Waals surface area contributed by atoms with Crippen molar-refractivity contribution in [3.63, 3.8) is 0 Å². The molecule has 0 radical (unpaired) electrons. The van der Waals surface area contributed by atoms with Crippen molar-refractivity contribution < 1.29 is 63.9 Å². The summed E-state index contributed by atoms with van der Waals surface area (Å²) in [4.78, 5) is 12.1. The second-order valence-electron chi connectivity index (χ2n) is 9.56. The monoisotopic (exact) mass is 518 g/mol. The lowest BCUT2D eigenvalue weighted by Gasteiger charge is -2.44. The van der Waals surface area contributed by atoms with E-state index in [1.807, 2.05) is 0 Å². The SMILES string of the molecule is C=C1CC[C@@H]2C(C(=O)OC)=CO[C@@H](O[C@@H]3O[C@H](CO[C@@H]4O[C@@H](C)[C@@H](O)[C@@H](O)[C@H]4O)[C@@H](O)[C@H](O)[C@H]3O)[C@H]12. The highest BCUT2D eigenvalue weighted by Crippen LogP contribution is 2.46. The average Bonchev–Trinajstić information content (AvgIpc) is 3.26. The minimum absolute atomic E-state index is 0.271. The molecule has 4 rings (SSSR count). The second-order valence-corrected chi connectivity index (χ2v) is 9.56. The molecule has 1 aliphatic carbocycles. The Hall–Kier alpha value is -1.65. The molecule has 4 aliphatic rings. The van der Waals surface area contributed by atoms with Gasteiger partial charge in [-0.3, -0.25) is 0 Å². The van der Waals surface area contributed by atoms with Crippen LogP contribution in [0.15, 0.2) is 24.0 Å². The van der Waals surface area contributed by atoms with E-state index in [1.165, 1.54) is 20.3 Å². The third kappa shape index (κ3) is 5.05. The Kier molecular flexibility index (Phi) is 8.36. The van der Waals surface area contributed by atoms with Gasteiger partial charge >= 0.3 is 5.97 Å². The molecule has 13 heteroatoms. The highest BCUT2D eigenvalue weighted by molar-refractivity contribution is 5.89. The molecule has 0 amide bonds. The third-order valence-corrected chi connectivity index (χ3v) is 7.29. The lowest BCUT2D eigenvalue weighted by atomic mass is 9.85. The summed E-state index contributed by atoms with van der Waals surface area (Å²) in [6.45, 7) is 5.11. The summed E-state index contributed by atoms with van der Waals surface area (Å²) in [6.07, 6.45) is -12.7. The lowest BCUT2D eigenvalue weighted by Crippen LogP contribution is -2.61. The first kappa shape index (κ1) is 27.4. The van der Waals surface area contributed by atoms with Crippen LogP contribution in [-0.2, 0) is 33.2 Å². The zero-order chi connectivity index (χ0) is 26.3. The standard InChI is InChI=1S/C23H34O13/c1-8-4-5-10-11(20(30)31-3)6-32-21(13(8)10)36-23-19(29)17(27)15(25)12(35-23)7-33-22-18(28)16(26)14(24)9(2)34-22/h6,9-10,12-19,21-29H,1,4-5,7H2,2-3H3/t9-,10+,12+,13+,14+,15+,16+,17-,18+,19+,21-,22+,23-/m0/s1. The Labute approximate surface area is 207 Å². The van der Waals surface area contributed by atoms with Gasteiger partial charge in [0.15, 0.2) is 12.6 Å². The summed E-state index contributed by atoms with van der Waals surface area (Å²) in [5.41, 5.74) is 1.13. The van der Waals surface area contributed by atoms with Crippen molar-refractivity contribution in [3.05, 3.63) is 24.0 Å². The highest BCUT2D eigenvalue weighted by atomic mass is 16.8. The molecule has 13 nitrogen and oxygen atoms in total. The summed E-state index contributed by atoms with van der Waals surface area (Å²) in [5.74, 6) is -1.23. The van der Waals surface area contributed by atoms with Crippen LogP contribution in [0, 0.1) is 11.8 Å². The smallest absolute Gasteiger partial charge is 0.337 e.